The fraction of sp³-hybridized carbons (Fsp3) is 0.286. The van der Waals surface area contributed by atoms with E-state index in [1.54, 1.807) is 13.0 Å². The number of hydrogen-bond donors (Lipinski definition) is 1. The Bertz CT molecular complexity index is 828. The van der Waals surface area contributed by atoms with Crippen molar-refractivity contribution in [3.63, 3.8) is 0 Å². The molecule has 4 rings (SSSR count). The molecule has 1 aliphatic carbocycles. The van der Waals surface area contributed by atoms with Crippen molar-refractivity contribution in [1.82, 2.24) is 0 Å². The summed E-state index contributed by atoms with van der Waals surface area (Å²) in [6.45, 7) is 2.17. The van der Waals surface area contributed by atoms with Gasteiger partial charge < -0.3 is 10.1 Å². The molecule has 25 heavy (non-hydrogen) atoms. The van der Waals surface area contributed by atoms with Crippen LogP contribution in [0, 0.1) is 11.7 Å². The second-order valence-electron chi connectivity index (χ2n) is 6.55. The number of ether oxygens (including phenoxy) is 1. The zero-order chi connectivity index (χ0) is 17.4. The van der Waals surface area contributed by atoms with Gasteiger partial charge in [-0.05, 0) is 60.7 Å². The SMILES string of the molecule is CCOC(=O)c1ccc2c(c1)C1C=CCC1C(c1ccc(F)cc1)N2. The first-order valence-corrected chi connectivity index (χ1v) is 8.67. The van der Waals surface area contributed by atoms with Gasteiger partial charge in [-0.25, -0.2) is 9.18 Å². The number of esters is 1. The standard InChI is InChI=1S/C21H20FNO2/c1-2-25-21(24)14-8-11-19-18(12-14)16-4-3-5-17(16)20(23-19)13-6-9-15(22)10-7-13/h3-4,6-12,16-17,20,23H,2,5H2,1H3. The molecule has 2 aromatic rings. The summed E-state index contributed by atoms with van der Waals surface area (Å²) in [5.41, 5.74) is 3.82. The molecule has 4 heteroatoms. The van der Waals surface area contributed by atoms with E-state index in [2.05, 4.69) is 17.5 Å². The highest BCUT2D eigenvalue weighted by Gasteiger charge is 2.38. The largest absolute Gasteiger partial charge is 0.462 e. The number of allylic oxidation sites excluding steroid dienone is 2. The highest BCUT2D eigenvalue weighted by molar-refractivity contribution is 5.90. The van der Waals surface area contributed by atoms with Crippen LogP contribution in [0.15, 0.2) is 54.6 Å². The Kier molecular flexibility index (Phi) is 4.04. The maximum Gasteiger partial charge on any atom is 0.338 e. The van der Waals surface area contributed by atoms with Crippen LogP contribution in [0.2, 0.25) is 0 Å². The normalized spacial score (nSPS) is 23.5. The second kappa shape index (κ2) is 6.36. The maximum absolute atomic E-state index is 13.3. The van der Waals surface area contributed by atoms with Gasteiger partial charge in [0, 0.05) is 11.6 Å². The van der Waals surface area contributed by atoms with E-state index in [1.807, 2.05) is 24.3 Å². The van der Waals surface area contributed by atoms with E-state index in [1.165, 1.54) is 12.1 Å². The number of fused-ring (bicyclic) bond motifs is 3. The Labute approximate surface area is 146 Å². The van der Waals surface area contributed by atoms with Crippen molar-refractivity contribution in [2.24, 2.45) is 5.92 Å². The fourth-order valence-corrected chi connectivity index (χ4v) is 3.94. The van der Waals surface area contributed by atoms with Crippen LogP contribution in [0.1, 0.15) is 46.8 Å². The first-order chi connectivity index (χ1) is 12.2. The van der Waals surface area contributed by atoms with Gasteiger partial charge in [0.15, 0.2) is 0 Å². The number of halogens is 1. The Morgan fingerprint density at radius 1 is 1.24 bits per heavy atom. The van der Waals surface area contributed by atoms with Crippen molar-refractivity contribution in [3.8, 4) is 0 Å². The van der Waals surface area contributed by atoms with Gasteiger partial charge in [-0.3, -0.25) is 0 Å². The van der Waals surface area contributed by atoms with Crippen LogP contribution >= 0.6 is 0 Å². The summed E-state index contributed by atoms with van der Waals surface area (Å²) in [7, 11) is 0. The molecule has 0 saturated carbocycles. The molecule has 1 aliphatic heterocycles. The molecule has 1 heterocycles. The van der Waals surface area contributed by atoms with Crippen LogP contribution < -0.4 is 5.32 Å². The predicted octanol–water partition coefficient (Wildman–Crippen LogP) is 4.83. The molecule has 0 spiro atoms. The van der Waals surface area contributed by atoms with Crippen LogP contribution in [0.25, 0.3) is 0 Å². The highest BCUT2D eigenvalue weighted by Crippen LogP contribution is 2.49. The lowest BCUT2D eigenvalue weighted by Gasteiger charge is -2.37. The number of rotatable bonds is 3. The molecule has 1 N–H and O–H groups in total. The summed E-state index contributed by atoms with van der Waals surface area (Å²) in [5, 5.41) is 3.59. The summed E-state index contributed by atoms with van der Waals surface area (Å²) >= 11 is 0. The number of carbonyl (C=O) groups is 1. The molecule has 0 fully saturated rings. The van der Waals surface area contributed by atoms with Gasteiger partial charge in [0.1, 0.15) is 5.82 Å². The zero-order valence-corrected chi connectivity index (χ0v) is 14.0. The number of nitrogens with one attached hydrogen (secondary N) is 1. The summed E-state index contributed by atoms with van der Waals surface area (Å²) in [6, 6.07) is 12.5. The van der Waals surface area contributed by atoms with Gasteiger partial charge >= 0.3 is 5.97 Å². The maximum atomic E-state index is 13.3. The molecule has 3 unspecified atom stereocenters. The predicted molar refractivity (Wildman–Crippen MR) is 95.2 cm³/mol. The second-order valence-corrected chi connectivity index (χ2v) is 6.55. The first-order valence-electron chi connectivity index (χ1n) is 8.67. The molecule has 3 nitrogen and oxygen atoms in total. The number of anilines is 1. The molecule has 0 saturated heterocycles. The number of benzene rings is 2. The molecular weight excluding hydrogens is 317 g/mol. The zero-order valence-electron chi connectivity index (χ0n) is 14.0. The molecule has 0 bridgehead atoms. The smallest absolute Gasteiger partial charge is 0.338 e. The van der Waals surface area contributed by atoms with Crippen molar-refractivity contribution in [2.45, 2.75) is 25.3 Å². The Hall–Kier alpha value is -2.62. The van der Waals surface area contributed by atoms with E-state index >= 15 is 0 Å². The Morgan fingerprint density at radius 2 is 2.04 bits per heavy atom. The molecule has 2 aromatic carbocycles. The minimum Gasteiger partial charge on any atom is -0.462 e. The van der Waals surface area contributed by atoms with Crippen LogP contribution in [0.4, 0.5) is 10.1 Å². The first kappa shape index (κ1) is 15.9. The van der Waals surface area contributed by atoms with Gasteiger partial charge in [0.05, 0.1) is 18.2 Å². The van der Waals surface area contributed by atoms with Gasteiger partial charge in [-0.1, -0.05) is 24.3 Å². The van der Waals surface area contributed by atoms with E-state index in [4.69, 9.17) is 4.74 Å². The van der Waals surface area contributed by atoms with Gasteiger partial charge in [-0.2, -0.15) is 0 Å². The number of carbonyl (C=O) groups excluding carboxylic acids is 1. The third-order valence-corrected chi connectivity index (χ3v) is 5.10. The van der Waals surface area contributed by atoms with Crippen molar-refractivity contribution < 1.29 is 13.9 Å². The van der Waals surface area contributed by atoms with E-state index in [0.29, 0.717) is 18.1 Å². The molecule has 0 aromatic heterocycles. The summed E-state index contributed by atoms with van der Waals surface area (Å²) in [4.78, 5) is 12.0. The van der Waals surface area contributed by atoms with E-state index in [-0.39, 0.29) is 23.7 Å². The number of hydrogen-bond acceptors (Lipinski definition) is 3. The fourth-order valence-electron chi connectivity index (χ4n) is 3.94. The minimum atomic E-state index is -0.288. The van der Waals surface area contributed by atoms with E-state index in [9.17, 15) is 9.18 Å². The monoisotopic (exact) mass is 337 g/mol. The molecular formula is C21H20FNO2. The highest BCUT2D eigenvalue weighted by atomic mass is 19.1. The minimum absolute atomic E-state index is 0.126. The van der Waals surface area contributed by atoms with Crippen molar-refractivity contribution >= 4 is 11.7 Å². The average molecular weight is 337 g/mol. The van der Waals surface area contributed by atoms with Gasteiger partial charge in [-0.15, -0.1) is 0 Å². The average Bonchev–Trinajstić information content (AvgIpc) is 3.11. The van der Waals surface area contributed by atoms with Crippen LogP contribution in [0.5, 0.6) is 0 Å². The lowest BCUT2D eigenvalue weighted by Crippen LogP contribution is -2.29. The summed E-state index contributed by atoms with van der Waals surface area (Å²) in [6.07, 6.45) is 5.37. The molecule has 3 atom stereocenters. The van der Waals surface area contributed by atoms with Crippen molar-refractivity contribution in [1.29, 1.82) is 0 Å². The molecule has 0 amide bonds. The van der Waals surface area contributed by atoms with Crippen LogP contribution in [0.3, 0.4) is 0 Å². The van der Waals surface area contributed by atoms with Crippen molar-refractivity contribution in [3.05, 3.63) is 77.1 Å². The summed E-state index contributed by atoms with van der Waals surface area (Å²) in [5.74, 6) is 0.0979. The quantitative estimate of drug-likeness (QED) is 0.644. The van der Waals surface area contributed by atoms with E-state index in [0.717, 1.165) is 23.2 Å². The summed E-state index contributed by atoms with van der Waals surface area (Å²) < 4.78 is 18.4. The molecule has 0 radical (unpaired) electrons. The van der Waals surface area contributed by atoms with E-state index < -0.39 is 0 Å². The lowest BCUT2D eigenvalue weighted by molar-refractivity contribution is 0.0526. The molecule has 128 valence electrons. The van der Waals surface area contributed by atoms with Crippen LogP contribution in [-0.4, -0.2) is 12.6 Å². The third-order valence-electron chi connectivity index (χ3n) is 5.10. The third kappa shape index (κ3) is 2.82. The Morgan fingerprint density at radius 3 is 2.80 bits per heavy atom. The molecule has 2 aliphatic rings. The van der Waals surface area contributed by atoms with Gasteiger partial charge in [0.25, 0.3) is 0 Å². The van der Waals surface area contributed by atoms with Crippen LogP contribution in [-0.2, 0) is 4.74 Å². The topological polar surface area (TPSA) is 38.3 Å². The lowest BCUT2D eigenvalue weighted by atomic mass is 9.76. The Balaban J connectivity index is 1.71. The van der Waals surface area contributed by atoms with Gasteiger partial charge in [0.2, 0.25) is 0 Å². The van der Waals surface area contributed by atoms with Crippen molar-refractivity contribution in [2.75, 3.05) is 11.9 Å².